The van der Waals surface area contributed by atoms with Crippen molar-refractivity contribution in [1.29, 1.82) is 5.26 Å². The summed E-state index contributed by atoms with van der Waals surface area (Å²) in [6, 6.07) is 7.63. The number of sulfone groups is 1. The van der Waals surface area contributed by atoms with Gasteiger partial charge in [-0.1, -0.05) is 6.92 Å². The third kappa shape index (κ3) is 5.53. The van der Waals surface area contributed by atoms with Gasteiger partial charge in [-0.3, -0.25) is 9.69 Å². The van der Waals surface area contributed by atoms with Crippen molar-refractivity contribution < 1.29 is 18.3 Å². The van der Waals surface area contributed by atoms with Gasteiger partial charge in [-0.2, -0.15) is 5.26 Å². The summed E-state index contributed by atoms with van der Waals surface area (Å²) in [5.74, 6) is -1.12. The first-order valence-electron chi connectivity index (χ1n) is 6.56. The highest BCUT2D eigenvalue weighted by Crippen LogP contribution is 2.12. The van der Waals surface area contributed by atoms with Gasteiger partial charge in [0.1, 0.15) is 0 Å². The van der Waals surface area contributed by atoms with Crippen LogP contribution in [0, 0.1) is 11.3 Å². The lowest BCUT2D eigenvalue weighted by Gasteiger charge is -2.19. The van der Waals surface area contributed by atoms with E-state index in [9.17, 15) is 13.2 Å². The average molecular weight is 310 g/mol. The van der Waals surface area contributed by atoms with Crippen molar-refractivity contribution in [2.75, 3.05) is 25.4 Å². The van der Waals surface area contributed by atoms with Crippen molar-refractivity contribution in [3.8, 4) is 6.07 Å². The average Bonchev–Trinajstić information content (AvgIpc) is 2.45. The second-order valence-electron chi connectivity index (χ2n) is 4.62. The minimum atomic E-state index is -3.48. The van der Waals surface area contributed by atoms with E-state index in [1.54, 1.807) is 4.90 Å². The van der Waals surface area contributed by atoms with Gasteiger partial charge >= 0.3 is 5.97 Å². The Balaban J connectivity index is 2.74. The Hall–Kier alpha value is -1.91. The lowest BCUT2D eigenvalue weighted by atomic mass is 10.2. The Morgan fingerprint density at radius 1 is 1.29 bits per heavy atom. The molecule has 1 N–H and O–H groups in total. The van der Waals surface area contributed by atoms with Crippen molar-refractivity contribution in [1.82, 2.24) is 4.90 Å². The van der Waals surface area contributed by atoms with Crippen molar-refractivity contribution in [2.24, 2.45) is 0 Å². The van der Waals surface area contributed by atoms with Crippen LogP contribution in [0.25, 0.3) is 0 Å². The van der Waals surface area contributed by atoms with Gasteiger partial charge in [0, 0.05) is 6.54 Å². The Labute approximate surface area is 124 Å². The highest BCUT2D eigenvalue weighted by atomic mass is 32.2. The van der Waals surface area contributed by atoms with Gasteiger partial charge in [-0.15, -0.1) is 0 Å². The molecule has 0 heterocycles. The van der Waals surface area contributed by atoms with Crippen LogP contribution in [0.4, 0.5) is 0 Å². The molecule has 1 aromatic carbocycles. The Kier molecular flexibility index (Phi) is 6.34. The standard InChI is InChI=1S/C14H18N2O4S/c1-2-7-16(11-14(17)18)8-9-21(19,20)13-5-3-12(10-15)4-6-13/h3-6H,2,7-9,11H2,1H3,(H,17,18). The molecule has 1 aromatic rings. The predicted molar refractivity (Wildman–Crippen MR) is 77.6 cm³/mol. The van der Waals surface area contributed by atoms with Gasteiger partial charge in [0.2, 0.25) is 0 Å². The van der Waals surface area contributed by atoms with E-state index in [0.717, 1.165) is 6.42 Å². The minimum Gasteiger partial charge on any atom is -0.480 e. The molecule has 7 heteroatoms. The molecule has 0 saturated carbocycles. The highest BCUT2D eigenvalue weighted by molar-refractivity contribution is 7.91. The highest BCUT2D eigenvalue weighted by Gasteiger charge is 2.17. The number of benzene rings is 1. The number of carboxylic acid groups (broad SMARTS) is 1. The molecule has 0 aromatic heterocycles. The first-order chi connectivity index (χ1) is 9.89. The second kappa shape index (κ2) is 7.76. The minimum absolute atomic E-state index is 0.147. The molecule has 0 spiro atoms. The number of aliphatic carboxylic acids is 1. The number of carbonyl (C=O) groups is 1. The van der Waals surface area contributed by atoms with Crippen molar-refractivity contribution in [2.45, 2.75) is 18.2 Å². The number of hydrogen-bond donors (Lipinski definition) is 1. The van der Waals surface area contributed by atoms with Crippen LogP contribution in [0.1, 0.15) is 18.9 Å². The monoisotopic (exact) mass is 310 g/mol. The number of carboxylic acids is 1. The van der Waals surface area contributed by atoms with E-state index in [2.05, 4.69) is 0 Å². The molecule has 0 aliphatic heterocycles. The molecule has 0 saturated heterocycles. The van der Waals surface area contributed by atoms with Gasteiger partial charge in [-0.25, -0.2) is 8.42 Å². The number of rotatable bonds is 8. The van der Waals surface area contributed by atoms with Gasteiger partial charge in [0.15, 0.2) is 9.84 Å². The van der Waals surface area contributed by atoms with Crippen LogP contribution in [-0.2, 0) is 14.6 Å². The van der Waals surface area contributed by atoms with Gasteiger partial charge < -0.3 is 5.11 Å². The lowest BCUT2D eigenvalue weighted by molar-refractivity contribution is -0.138. The maximum Gasteiger partial charge on any atom is 0.317 e. The van der Waals surface area contributed by atoms with Crippen LogP contribution in [-0.4, -0.2) is 49.8 Å². The van der Waals surface area contributed by atoms with Gasteiger partial charge in [0.05, 0.1) is 28.8 Å². The van der Waals surface area contributed by atoms with Gasteiger partial charge in [0.25, 0.3) is 0 Å². The van der Waals surface area contributed by atoms with Gasteiger partial charge in [-0.05, 0) is 37.2 Å². The van der Waals surface area contributed by atoms with Crippen molar-refractivity contribution in [3.05, 3.63) is 29.8 Å². The van der Waals surface area contributed by atoms with E-state index in [0.29, 0.717) is 12.1 Å². The van der Waals surface area contributed by atoms with E-state index in [-0.39, 0.29) is 23.7 Å². The molecule has 0 bridgehead atoms. The summed E-state index contributed by atoms with van der Waals surface area (Å²) in [6.45, 7) is 2.44. The van der Waals surface area contributed by atoms with E-state index in [1.807, 2.05) is 13.0 Å². The van der Waals surface area contributed by atoms with E-state index in [4.69, 9.17) is 10.4 Å². The van der Waals surface area contributed by atoms with E-state index < -0.39 is 15.8 Å². The van der Waals surface area contributed by atoms with Crippen LogP contribution in [0.5, 0.6) is 0 Å². The first kappa shape index (κ1) is 17.1. The molecule has 0 amide bonds. The fraction of sp³-hybridized carbons (Fsp3) is 0.429. The molecular weight excluding hydrogens is 292 g/mol. The van der Waals surface area contributed by atoms with Crippen LogP contribution in [0.2, 0.25) is 0 Å². The first-order valence-corrected chi connectivity index (χ1v) is 8.21. The summed E-state index contributed by atoms with van der Waals surface area (Å²) >= 11 is 0. The molecule has 1 rings (SSSR count). The van der Waals surface area contributed by atoms with E-state index in [1.165, 1.54) is 24.3 Å². The van der Waals surface area contributed by atoms with Crippen LogP contribution < -0.4 is 0 Å². The van der Waals surface area contributed by atoms with Crippen LogP contribution in [0.3, 0.4) is 0 Å². The smallest absolute Gasteiger partial charge is 0.317 e. The van der Waals surface area contributed by atoms with Crippen molar-refractivity contribution >= 4 is 15.8 Å². The summed E-state index contributed by atoms with van der Waals surface area (Å²) in [4.78, 5) is 12.5. The summed E-state index contributed by atoms with van der Waals surface area (Å²) in [5.41, 5.74) is 0.396. The Morgan fingerprint density at radius 2 is 1.90 bits per heavy atom. The molecule has 0 atom stereocenters. The number of nitriles is 1. The maximum atomic E-state index is 12.2. The number of nitrogens with zero attached hydrogens (tertiary/aromatic N) is 2. The summed E-state index contributed by atoms with van der Waals surface area (Å²) in [7, 11) is -3.48. The predicted octanol–water partition coefficient (Wildman–Crippen LogP) is 1.13. The molecule has 0 aliphatic carbocycles. The molecule has 0 fully saturated rings. The van der Waals surface area contributed by atoms with Crippen molar-refractivity contribution in [3.63, 3.8) is 0 Å². The second-order valence-corrected chi connectivity index (χ2v) is 6.73. The summed E-state index contributed by atoms with van der Waals surface area (Å²) in [6.07, 6.45) is 0.754. The third-order valence-corrected chi connectivity index (χ3v) is 4.63. The quantitative estimate of drug-likeness (QED) is 0.773. The topological polar surface area (TPSA) is 98.5 Å². The third-order valence-electron chi connectivity index (χ3n) is 2.92. The van der Waals surface area contributed by atoms with Crippen LogP contribution in [0.15, 0.2) is 29.2 Å². The summed E-state index contributed by atoms with van der Waals surface area (Å²) < 4.78 is 24.3. The summed E-state index contributed by atoms with van der Waals surface area (Å²) in [5, 5.41) is 17.5. The lowest BCUT2D eigenvalue weighted by Crippen LogP contribution is -2.34. The maximum absolute atomic E-state index is 12.2. The zero-order valence-corrected chi connectivity index (χ0v) is 12.6. The fourth-order valence-corrected chi connectivity index (χ4v) is 3.17. The molecule has 114 valence electrons. The molecule has 6 nitrogen and oxygen atoms in total. The van der Waals surface area contributed by atoms with Crippen LogP contribution >= 0.6 is 0 Å². The Morgan fingerprint density at radius 3 is 2.38 bits per heavy atom. The SMILES string of the molecule is CCCN(CCS(=O)(=O)c1ccc(C#N)cc1)CC(=O)O. The normalized spacial score (nSPS) is 11.3. The molecule has 21 heavy (non-hydrogen) atoms. The fourth-order valence-electron chi connectivity index (χ4n) is 1.88. The number of hydrogen-bond acceptors (Lipinski definition) is 5. The molecular formula is C14H18N2O4S. The zero-order valence-electron chi connectivity index (χ0n) is 11.8. The molecule has 0 radical (unpaired) electrons. The largest absolute Gasteiger partial charge is 0.480 e. The molecule has 0 unspecified atom stereocenters. The van der Waals surface area contributed by atoms with E-state index >= 15 is 0 Å². The molecule has 0 aliphatic rings. The Bertz CT molecular complexity index is 617. The zero-order chi connectivity index (χ0) is 15.9.